The van der Waals surface area contributed by atoms with Gasteiger partial charge in [0.1, 0.15) is 12.4 Å². The monoisotopic (exact) mass is 470 g/mol. The molecule has 0 bridgehead atoms. The molecular weight excluding hydrogens is 451 g/mol. The van der Waals surface area contributed by atoms with Crippen molar-refractivity contribution in [2.75, 3.05) is 10.8 Å². The number of nitrogens with zero attached hydrogens (tertiary/aromatic N) is 3. The second kappa shape index (κ2) is 10.0. The summed E-state index contributed by atoms with van der Waals surface area (Å²) in [5, 5.41) is 14.8. The van der Waals surface area contributed by atoms with Crippen LogP contribution in [-0.2, 0) is 14.8 Å². The van der Waals surface area contributed by atoms with E-state index in [9.17, 15) is 27.7 Å². The number of amides is 1. The molecule has 9 nitrogen and oxygen atoms in total. The molecule has 3 rings (SSSR count). The molecule has 0 aromatic heterocycles. The SMILES string of the molecule is Cc1ccc(N(CC(=O)N/N=C\c2ccccc2[N+](=O)[O-])S(=O)(=O)c2ccc(F)cc2)cc1. The number of para-hydroxylation sites is 1. The zero-order valence-corrected chi connectivity index (χ0v) is 18.2. The van der Waals surface area contributed by atoms with Crippen LogP contribution in [0.3, 0.4) is 0 Å². The van der Waals surface area contributed by atoms with E-state index >= 15 is 0 Å². The van der Waals surface area contributed by atoms with Crippen molar-refractivity contribution in [1.82, 2.24) is 5.43 Å². The molecule has 0 aliphatic carbocycles. The number of halogens is 1. The quantitative estimate of drug-likeness (QED) is 0.307. The van der Waals surface area contributed by atoms with Crippen molar-refractivity contribution < 1.29 is 22.5 Å². The molecule has 33 heavy (non-hydrogen) atoms. The lowest BCUT2D eigenvalue weighted by Crippen LogP contribution is -2.39. The number of carbonyl (C=O) groups excluding carboxylic acids is 1. The number of aryl methyl sites for hydroxylation is 1. The van der Waals surface area contributed by atoms with Crippen molar-refractivity contribution in [1.29, 1.82) is 0 Å². The van der Waals surface area contributed by atoms with Crippen LogP contribution in [0.5, 0.6) is 0 Å². The molecule has 0 saturated heterocycles. The molecule has 0 heterocycles. The van der Waals surface area contributed by atoms with Crippen LogP contribution in [0.25, 0.3) is 0 Å². The van der Waals surface area contributed by atoms with Gasteiger partial charge in [-0.2, -0.15) is 5.10 Å². The fourth-order valence-corrected chi connectivity index (χ4v) is 4.28. The predicted molar refractivity (Wildman–Crippen MR) is 121 cm³/mol. The maximum atomic E-state index is 13.3. The van der Waals surface area contributed by atoms with Gasteiger partial charge in [-0.25, -0.2) is 18.2 Å². The topological polar surface area (TPSA) is 122 Å². The highest BCUT2D eigenvalue weighted by Crippen LogP contribution is 2.24. The highest BCUT2D eigenvalue weighted by atomic mass is 32.2. The van der Waals surface area contributed by atoms with Gasteiger partial charge in [-0.3, -0.25) is 19.2 Å². The second-order valence-corrected chi connectivity index (χ2v) is 8.77. The first kappa shape index (κ1) is 23.5. The van der Waals surface area contributed by atoms with E-state index < -0.39 is 33.2 Å². The van der Waals surface area contributed by atoms with Crippen molar-refractivity contribution in [3.05, 3.63) is 99.9 Å². The fraction of sp³-hybridized carbons (Fsp3) is 0.0909. The third kappa shape index (κ3) is 5.77. The Morgan fingerprint density at radius 3 is 2.36 bits per heavy atom. The first-order chi connectivity index (χ1) is 15.7. The number of nitro groups is 1. The van der Waals surface area contributed by atoms with Gasteiger partial charge >= 0.3 is 0 Å². The lowest BCUT2D eigenvalue weighted by Gasteiger charge is -2.23. The number of benzene rings is 3. The van der Waals surface area contributed by atoms with Crippen LogP contribution in [0.4, 0.5) is 15.8 Å². The summed E-state index contributed by atoms with van der Waals surface area (Å²) in [4.78, 5) is 22.8. The second-order valence-electron chi connectivity index (χ2n) is 6.91. The van der Waals surface area contributed by atoms with Crippen molar-refractivity contribution in [2.24, 2.45) is 5.10 Å². The summed E-state index contributed by atoms with van der Waals surface area (Å²) in [7, 11) is -4.21. The highest BCUT2D eigenvalue weighted by molar-refractivity contribution is 7.92. The summed E-state index contributed by atoms with van der Waals surface area (Å²) in [5.74, 6) is -1.38. The standard InChI is InChI=1S/C22H19FN4O5S/c1-16-6-10-19(11-7-16)26(33(31,32)20-12-8-18(23)9-13-20)15-22(28)25-24-14-17-4-2-3-5-21(17)27(29)30/h2-14H,15H2,1H3,(H,25,28)/b24-14-. The number of hydrogen-bond donors (Lipinski definition) is 1. The number of rotatable bonds is 8. The van der Waals surface area contributed by atoms with E-state index in [4.69, 9.17) is 0 Å². The molecule has 3 aromatic rings. The highest BCUT2D eigenvalue weighted by Gasteiger charge is 2.27. The molecule has 0 aliphatic rings. The molecule has 11 heteroatoms. The van der Waals surface area contributed by atoms with Crippen molar-refractivity contribution >= 4 is 33.5 Å². The van der Waals surface area contributed by atoms with Crippen LogP contribution in [0.15, 0.2) is 82.8 Å². The van der Waals surface area contributed by atoms with Gasteiger partial charge in [-0.15, -0.1) is 0 Å². The molecular formula is C22H19FN4O5S. The van der Waals surface area contributed by atoms with E-state index in [1.54, 1.807) is 30.3 Å². The molecule has 3 aromatic carbocycles. The Bertz CT molecular complexity index is 1290. The van der Waals surface area contributed by atoms with Gasteiger partial charge in [0.2, 0.25) is 0 Å². The first-order valence-corrected chi connectivity index (χ1v) is 11.0. The first-order valence-electron chi connectivity index (χ1n) is 9.59. The molecule has 170 valence electrons. The molecule has 0 atom stereocenters. The molecule has 0 radical (unpaired) electrons. The zero-order chi connectivity index (χ0) is 24.0. The zero-order valence-electron chi connectivity index (χ0n) is 17.4. The predicted octanol–water partition coefficient (Wildman–Crippen LogP) is 3.39. The molecule has 0 unspecified atom stereocenters. The number of nitro benzene ring substituents is 1. The number of nitrogens with one attached hydrogen (secondary N) is 1. The number of hydrazone groups is 1. The van der Waals surface area contributed by atoms with Crippen molar-refractivity contribution in [2.45, 2.75) is 11.8 Å². The van der Waals surface area contributed by atoms with E-state index in [2.05, 4.69) is 10.5 Å². The van der Waals surface area contributed by atoms with E-state index in [1.807, 2.05) is 6.92 Å². The van der Waals surface area contributed by atoms with Crippen LogP contribution >= 0.6 is 0 Å². The molecule has 0 saturated carbocycles. The van der Waals surface area contributed by atoms with Crippen molar-refractivity contribution in [3.8, 4) is 0 Å². The number of hydrogen-bond acceptors (Lipinski definition) is 6. The van der Waals surface area contributed by atoms with E-state index in [1.165, 1.54) is 18.2 Å². The minimum atomic E-state index is -4.21. The van der Waals surface area contributed by atoms with E-state index in [-0.39, 0.29) is 21.8 Å². The van der Waals surface area contributed by atoms with Crippen molar-refractivity contribution in [3.63, 3.8) is 0 Å². The Morgan fingerprint density at radius 2 is 1.73 bits per heavy atom. The fourth-order valence-electron chi connectivity index (χ4n) is 2.86. The van der Waals surface area contributed by atoms with Gasteiger partial charge in [0.25, 0.3) is 21.6 Å². The Kier molecular flexibility index (Phi) is 7.13. The molecule has 0 aliphatic heterocycles. The molecule has 0 fully saturated rings. The van der Waals surface area contributed by atoms with Crippen LogP contribution < -0.4 is 9.73 Å². The van der Waals surface area contributed by atoms with E-state index in [0.29, 0.717) is 0 Å². The number of anilines is 1. The Morgan fingerprint density at radius 1 is 1.09 bits per heavy atom. The lowest BCUT2D eigenvalue weighted by molar-refractivity contribution is -0.385. The van der Waals surface area contributed by atoms with Crippen LogP contribution in [-0.4, -0.2) is 32.0 Å². The Labute approximate surface area is 189 Å². The maximum absolute atomic E-state index is 13.3. The van der Waals surface area contributed by atoms with Gasteiger partial charge < -0.3 is 0 Å². The van der Waals surface area contributed by atoms with Gasteiger partial charge in [-0.05, 0) is 49.4 Å². The molecule has 0 spiro atoms. The lowest BCUT2D eigenvalue weighted by atomic mass is 10.2. The minimum Gasteiger partial charge on any atom is -0.271 e. The summed E-state index contributed by atoms with van der Waals surface area (Å²) in [6, 6.07) is 16.5. The largest absolute Gasteiger partial charge is 0.278 e. The normalized spacial score (nSPS) is 11.3. The third-order valence-corrected chi connectivity index (χ3v) is 6.33. The minimum absolute atomic E-state index is 0.164. The summed E-state index contributed by atoms with van der Waals surface area (Å²) < 4.78 is 40.5. The molecule has 1 amide bonds. The van der Waals surface area contributed by atoms with Crippen LogP contribution in [0.2, 0.25) is 0 Å². The van der Waals surface area contributed by atoms with Gasteiger partial charge in [0.05, 0.1) is 27.3 Å². The Balaban J connectivity index is 1.85. The maximum Gasteiger partial charge on any atom is 0.278 e. The number of sulfonamides is 1. The molecule has 1 N–H and O–H groups in total. The third-order valence-electron chi connectivity index (χ3n) is 4.54. The summed E-state index contributed by atoms with van der Waals surface area (Å²) in [6.45, 7) is 1.20. The summed E-state index contributed by atoms with van der Waals surface area (Å²) in [6.07, 6.45) is 1.10. The number of carbonyl (C=O) groups is 1. The van der Waals surface area contributed by atoms with E-state index in [0.717, 1.165) is 40.3 Å². The smallest absolute Gasteiger partial charge is 0.271 e. The van der Waals surface area contributed by atoms with Gasteiger partial charge in [0, 0.05) is 6.07 Å². The van der Waals surface area contributed by atoms with Crippen LogP contribution in [0.1, 0.15) is 11.1 Å². The Hall–Kier alpha value is -4.12. The average molecular weight is 470 g/mol. The van der Waals surface area contributed by atoms with Crippen LogP contribution in [0, 0.1) is 22.9 Å². The average Bonchev–Trinajstić information content (AvgIpc) is 2.78. The summed E-state index contributed by atoms with van der Waals surface area (Å²) in [5.41, 5.74) is 3.26. The summed E-state index contributed by atoms with van der Waals surface area (Å²) >= 11 is 0. The van der Waals surface area contributed by atoms with Gasteiger partial charge in [0.15, 0.2) is 0 Å². The van der Waals surface area contributed by atoms with Gasteiger partial charge in [-0.1, -0.05) is 29.8 Å².